The van der Waals surface area contributed by atoms with Crippen molar-refractivity contribution in [2.45, 2.75) is 27.7 Å². The second-order valence-electron chi connectivity index (χ2n) is 6.52. The molecule has 0 aliphatic carbocycles. The molecule has 1 aliphatic heterocycles. The highest BCUT2D eigenvalue weighted by Gasteiger charge is 2.33. The Balaban J connectivity index is 1.91. The Labute approximate surface area is 179 Å². The maximum Gasteiger partial charge on any atom is 0.308 e. The first-order chi connectivity index (χ1) is 13.8. The first-order valence-corrected chi connectivity index (χ1v) is 10.3. The predicted molar refractivity (Wildman–Crippen MR) is 120 cm³/mol. The van der Waals surface area contributed by atoms with Gasteiger partial charge in [-0.25, -0.2) is 0 Å². The molecule has 0 radical (unpaired) electrons. The fraction of sp³-hybridized carbons (Fsp3) is 0.227. The number of aryl methyl sites for hydroxylation is 2. The summed E-state index contributed by atoms with van der Waals surface area (Å²) in [6.45, 7) is 7.64. The number of thioether (sulfide) groups is 1. The van der Waals surface area contributed by atoms with Gasteiger partial charge in [-0.05, 0) is 67.8 Å². The number of ether oxygens (including phenoxy) is 2. The number of benzene rings is 2. The highest BCUT2D eigenvalue weighted by molar-refractivity contribution is 8.27. The molecule has 0 unspecified atom stereocenters. The van der Waals surface area contributed by atoms with Crippen LogP contribution in [0, 0.1) is 13.8 Å². The summed E-state index contributed by atoms with van der Waals surface area (Å²) < 4.78 is 11.2. The summed E-state index contributed by atoms with van der Waals surface area (Å²) in [5, 5.41) is 0. The van der Waals surface area contributed by atoms with Crippen LogP contribution in [0.25, 0.3) is 6.08 Å². The Morgan fingerprint density at radius 3 is 2.55 bits per heavy atom. The average molecular weight is 428 g/mol. The molecule has 0 N–H and O–H groups in total. The maximum atomic E-state index is 13.0. The van der Waals surface area contributed by atoms with Crippen molar-refractivity contribution in [2.75, 3.05) is 11.5 Å². The SMILES string of the molecule is CCOc1cc(/C=C2\SC(=S)N(c3ccc(C)c(C)c3)C2=O)ccc1OC(C)=O. The zero-order chi connectivity index (χ0) is 21.1. The lowest BCUT2D eigenvalue weighted by Crippen LogP contribution is -2.27. The van der Waals surface area contributed by atoms with Crippen LogP contribution in [0.15, 0.2) is 41.3 Å². The lowest BCUT2D eigenvalue weighted by atomic mass is 10.1. The third-order valence-electron chi connectivity index (χ3n) is 4.36. The number of anilines is 1. The second kappa shape index (κ2) is 8.80. The van der Waals surface area contributed by atoms with Crippen molar-refractivity contribution >= 4 is 51.9 Å². The molecule has 0 bridgehead atoms. The van der Waals surface area contributed by atoms with E-state index in [1.807, 2.05) is 39.0 Å². The van der Waals surface area contributed by atoms with Gasteiger partial charge in [0, 0.05) is 6.92 Å². The van der Waals surface area contributed by atoms with Crippen molar-refractivity contribution in [3.8, 4) is 11.5 Å². The molecule has 1 amide bonds. The maximum absolute atomic E-state index is 13.0. The molecule has 3 rings (SSSR count). The number of esters is 1. The van der Waals surface area contributed by atoms with Gasteiger partial charge < -0.3 is 9.47 Å². The number of nitrogens with zero attached hydrogens (tertiary/aromatic N) is 1. The Bertz CT molecular complexity index is 1030. The summed E-state index contributed by atoms with van der Waals surface area (Å²) in [5.41, 5.74) is 3.78. The van der Waals surface area contributed by atoms with Gasteiger partial charge in [0.25, 0.3) is 5.91 Å². The summed E-state index contributed by atoms with van der Waals surface area (Å²) >= 11 is 6.71. The van der Waals surface area contributed by atoms with Gasteiger partial charge in [0.05, 0.1) is 17.2 Å². The van der Waals surface area contributed by atoms with E-state index in [0.717, 1.165) is 22.4 Å². The van der Waals surface area contributed by atoms with E-state index < -0.39 is 5.97 Å². The Morgan fingerprint density at radius 2 is 1.90 bits per heavy atom. The van der Waals surface area contributed by atoms with Gasteiger partial charge in [0.1, 0.15) is 0 Å². The molecule has 7 heteroatoms. The Kier molecular flexibility index (Phi) is 6.39. The van der Waals surface area contributed by atoms with E-state index >= 15 is 0 Å². The molecule has 1 saturated heterocycles. The monoisotopic (exact) mass is 427 g/mol. The van der Waals surface area contributed by atoms with Crippen LogP contribution in [-0.4, -0.2) is 22.8 Å². The molecular weight excluding hydrogens is 406 g/mol. The van der Waals surface area contributed by atoms with E-state index in [4.69, 9.17) is 21.7 Å². The zero-order valence-electron chi connectivity index (χ0n) is 16.6. The third kappa shape index (κ3) is 4.68. The highest BCUT2D eigenvalue weighted by Crippen LogP contribution is 2.37. The van der Waals surface area contributed by atoms with Crippen LogP contribution in [0.2, 0.25) is 0 Å². The minimum Gasteiger partial charge on any atom is -0.490 e. The van der Waals surface area contributed by atoms with E-state index in [9.17, 15) is 9.59 Å². The third-order valence-corrected chi connectivity index (χ3v) is 5.66. The lowest BCUT2D eigenvalue weighted by Gasteiger charge is -2.16. The average Bonchev–Trinajstić information content (AvgIpc) is 2.93. The van der Waals surface area contributed by atoms with Gasteiger partial charge in [-0.1, -0.05) is 36.1 Å². The van der Waals surface area contributed by atoms with E-state index in [-0.39, 0.29) is 5.91 Å². The molecule has 2 aromatic rings. The number of carbonyl (C=O) groups is 2. The molecule has 29 heavy (non-hydrogen) atoms. The molecule has 1 fully saturated rings. The number of hydrogen-bond donors (Lipinski definition) is 0. The van der Waals surface area contributed by atoms with Gasteiger partial charge in [-0.3, -0.25) is 14.5 Å². The fourth-order valence-corrected chi connectivity index (χ4v) is 4.13. The summed E-state index contributed by atoms with van der Waals surface area (Å²) in [4.78, 5) is 26.3. The topological polar surface area (TPSA) is 55.8 Å². The predicted octanol–water partition coefficient (Wildman–Crippen LogP) is 5.03. The zero-order valence-corrected chi connectivity index (χ0v) is 18.3. The highest BCUT2D eigenvalue weighted by atomic mass is 32.2. The van der Waals surface area contributed by atoms with Crippen LogP contribution < -0.4 is 14.4 Å². The largest absolute Gasteiger partial charge is 0.490 e. The van der Waals surface area contributed by atoms with Crippen molar-refractivity contribution in [3.05, 3.63) is 58.0 Å². The molecule has 0 atom stereocenters. The molecule has 1 heterocycles. The number of rotatable bonds is 5. The number of hydrogen-bond acceptors (Lipinski definition) is 6. The van der Waals surface area contributed by atoms with Crippen molar-refractivity contribution < 1.29 is 19.1 Å². The fourth-order valence-electron chi connectivity index (χ4n) is 2.83. The summed E-state index contributed by atoms with van der Waals surface area (Å²) in [6, 6.07) is 11.0. The minimum atomic E-state index is -0.423. The first kappa shape index (κ1) is 21.1. The van der Waals surface area contributed by atoms with E-state index in [0.29, 0.717) is 27.3 Å². The lowest BCUT2D eigenvalue weighted by molar-refractivity contribution is -0.132. The van der Waals surface area contributed by atoms with Crippen LogP contribution >= 0.6 is 24.0 Å². The van der Waals surface area contributed by atoms with Crippen molar-refractivity contribution in [1.29, 1.82) is 0 Å². The van der Waals surface area contributed by atoms with Gasteiger partial charge >= 0.3 is 5.97 Å². The van der Waals surface area contributed by atoms with Gasteiger partial charge in [0.15, 0.2) is 15.8 Å². The number of amides is 1. The molecule has 150 valence electrons. The Hall–Kier alpha value is -2.64. The minimum absolute atomic E-state index is 0.162. The summed E-state index contributed by atoms with van der Waals surface area (Å²) in [7, 11) is 0. The number of thiocarbonyl (C=S) groups is 1. The molecule has 1 aliphatic rings. The van der Waals surface area contributed by atoms with E-state index in [1.165, 1.54) is 18.7 Å². The van der Waals surface area contributed by atoms with Crippen molar-refractivity contribution in [2.24, 2.45) is 0 Å². The molecular formula is C22H21NO4S2. The second-order valence-corrected chi connectivity index (χ2v) is 8.19. The van der Waals surface area contributed by atoms with E-state index in [1.54, 1.807) is 29.2 Å². The summed E-state index contributed by atoms with van der Waals surface area (Å²) in [6.07, 6.45) is 1.76. The first-order valence-electron chi connectivity index (χ1n) is 9.10. The van der Waals surface area contributed by atoms with Crippen molar-refractivity contribution in [3.63, 3.8) is 0 Å². The molecule has 0 saturated carbocycles. The van der Waals surface area contributed by atoms with E-state index in [2.05, 4.69) is 0 Å². The summed E-state index contributed by atoms with van der Waals surface area (Å²) in [5.74, 6) is 0.207. The molecule has 5 nitrogen and oxygen atoms in total. The normalized spacial score (nSPS) is 15.2. The van der Waals surface area contributed by atoms with Crippen LogP contribution in [0.4, 0.5) is 5.69 Å². The molecule has 2 aromatic carbocycles. The van der Waals surface area contributed by atoms with Crippen LogP contribution in [0.5, 0.6) is 11.5 Å². The number of carbonyl (C=O) groups excluding carboxylic acids is 2. The van der Waals surface area contributed by atoms with Crippen LogP contribution in [0.3, 0.4) is 0 Å². The van der Waals surface area contributed by atoms with Gasteiger partial charge in [-0.15, -0.1) is 0 Å². The molecule has 0 spiro atoms. The van der Waals surface area contributed by atoms with Gasteiger partial charge in [0.2, 0.25) is 0 Å². The standard InChI is InChI=1S/C22H21NO4S2/c1-5-26-19-11-16(7-9-18(19)27-15(4)24)12-20-21(25)23(22(28)29-20)17-8-6-13(2)14(3)10-17/h6-12H,5H2,1-4H3/b20-12-. The quantitative estimate of drug-likeness (QED) is 0.289. The van der Waals surface area contributed by atoms with Crippen molar-refractivity contribution in [1.82, 2.24) is 0 Å². The molecule has 0 aromatic heterocycles. The van der Waals surface area contributed by atoms with Gasteiger partial charge in [-0.2, -0.15) is 0 Å². The van der Waals surface area contributed by atoms with Crippen LogP contribution in [0.1, 0.15) is 30.5 Å². The Morgan fingerprint density at radius 1 is 1.14 bits per heavy atom. The smallest absolute Gasteiger partial charge is 0.308 e. The van der Waals surface area contributed by atoms with Crippen LogP contribution in [-0.2, 0) is 9.59 Å².